The van der Waals surface area contributed by atoms with Gasteiger partial charge in [-0.25, -0.2) is 0 Å². The van der Waals surface area contributed by atoms with Gasteiger partial charge in [0, 0.05) is 28.6 Å². The van der Waals surface area contributed by atoms with Crippen LogP contribution in [0.5, 0.6) is 0 Å². The highest BCUT2D eigenvalue weighted by molar-refractivity contribution is 6.10. The number of hydrogen-bond donors (Lipinski definition) is 1. The summed E-state index contributed by atoms with van der Waals surface area (Å²) in [6.45, 7) is 2.76. The number of methoxy groups -OCH3 is 1. The normalized spacial score (nSPS) is 33.2. The number of para-hydroxylation sites is 1. The molecule has 3 aliphatic rings. The van der Waals surface area contributed by atoms with Crippen LogP contribution in [0.15, 0.2) is 24.3 Å². The van der Waals surface area contributed by atoms with Crippen molar-refractivity contribution in [2.24, 2.45) is 10.8 Å². The molecule has 1 amide bonds. The number of H-pyrrole nitrogens is 1. The molecule has 0 spiro atoms. The molecule has 1 aromatic carbocycles. The van der Waals surface area contributed by atoms with Gasteiger partial charge in [-0.05, 0) is 30.9 Å². The van der Waals surface area contributed by atoms with E-state index in [0.29, 0.717) is 13.0 Å². The van der Waals surface area contributed by atoms with Gasteiger partial charge in [0.15, 0.2) is 5.41 Å². The van der Waals surface area contributed by atoms with Crippen LogP contribution < -0.4 is 0 Å². The molecule has 5 nitrogen and oxygen atoms in total. The largest absolute Gasteiger partial charge is 0.468 e. The van der Waals surface area contributed by atoms with Crippen LogP contribution in [-0.4, -0.2) is 35.4 Å². The number of aromatic amines is 1. The summed E-state index contributed by atoms with van der Waals surface area (Å²) in [7, 11) is 1.38. The molecule has 0 radical (unpaired) electrons. The molecule has 1 saturated carbocycles. The Bertz CT molecular complexity index is 901. The van der Waals surface area contributed by atoms with Crippen LogP contribution in [0.4, 0.5) is 0 Å². The predicted octanol–water partition coefficient (Wildman–Crippen LogP) is 2.57. The summed E-state index contributed by atoms with van der Waals surface area (Å²) in [6, 6.07) is 8.25. The van der Waals surface area contributed by atoms with E-state index < -0.39 is 5.41 Å². The number of piperidine rings is 1. The first-order valence-corrected chi connectivity index (χ1v) is 8.59. The topological polar surface area (TPSA) is 62.4 Å². The minimum atomic E-state index is -0.958. The molecule has 2 aliphatic heterocycles. The van der Waals surface area contributed by atoms with E-state index in [2.05, 4.69) is 24.0 Å². The second-order valence-electron chi connectivity index (χ2n) is 7.30. The van der Waals surface area contributed by atoms with Crippen LogP contribution >= 0.6 is 0 Å². The van der Waals surface area contributed by atoms with Gasteiger partial charge in [-0.2, -0.15) is 0 Å². The van der Waals surface area contributed by atoms with Gasteiger partial charge in [-0.15, -0.1) is 0 Å². The monoisotopic (exact) mass is 324 g/mol. The van der Waals surface area contributed by atoms with Crippen LogP contribution in [-0.2, 0) is 20.7 Å². The first-order chi connectivity index (χ1) is 11.6. The molecule has 124 valence electrons. The number of carbonyl (C=O) groups is 2. The minimum Gasteiger partial charge on any atom is -0.468 e. The van der Waals surface area contributed by atoms with Gasteiger partial charge < -0.3 is 14.6 Å². The van der Waals surface area contributed by atoms with Gasteiger partial charge >= 0.3 is 5.97 Å². The summed E-state index contributed by atoms with van der Waals surface area (Å²) in [4.78, 5) is 31.1. The summed E-state index contributed by atoms with van der Waals surface area (Å²) in [6.07, 6.45) is 2.24. The predicted molar refractivity (Wildman–Crippen MR) is 88.2 cm³/mol. The number of nitrogens with one attached hydrogen (secondary N) is 1. The van der Waals surface area contributed by atoms with Gasteiger partial charge in [0.1, 0.15) is 0 Å². The Morgan fingerprint density at radius 2 is 2.21 bits per heavy atom. The highest BCUT2D eigenvalue weighted by Gasteiger charge is 2.85. The summed E-state index contributed by atoms with van der Waals surface area (Å²) in [5.41, 5.74) is 2.26. The molecule has 5 rings (SSSR count). The van der Waals surface area contributed by atoms with E-state index in [4.69, 9.17) is 4.74 Å². The van der Waals surface area contributed by atoms with Crippen molar-refractivity contribution in [3.8, 4) is 0 Å². The summed E-state index contributed by atoms with van der Waals surface area (Å²) in [5, 5.41) is 1.24. The molecule has 1 N–H and O–H groups in total. The summed E-state index contributed by atoms with van der Waals surface area (Å²) in [5.74, 6) is -0.396. The maximum atomic E-state index is 13.1. The second-order valence-corrected chi connectivity index (χ2v) is 7.30. The number of ether oxygens (including phenoxy) is 1. The number of fused-ring (bicyclic) bond motifs is 7. The Kier molecular flexibility index (Phi) is 2.47. The van der Waals surface area contributed by atoms with E-state index in [-0.39, 0.29) is 23.3 Å². The zero-order chi connectivity index (χ0) is 16.7. The van der Waals surface area contributed by atoms with Crippen molar-refractivity contribution in [3.63, 3.8) is 0 Å². The molecule has 1 saturated heterocycles. The lowest BCUT2D eigenvalue weighted by Crippen LogP contribution is -2.40. The number of carbonyl (C=O) groups excluding carboxylic acids is 2. The average molecular weight is 324 g/mol. The van der Waals surface area contributed by atoms with Crippen molar-refractivity contribution < 1.29 is 14.3 Å². The van der Waals surface area contributed by atoms with Crippen LogP contribution in [0.25, 0.3) is 10.9 Å². The number of esters is 1. The number of hydrogen-bond acceptors (Lipinski definition) is 3. The Balaban J connectivity index is 1.73. The van der Waals surface area contributed by atoms with Gasteiger partial charge in [0.2, 0.25) is 5.91 Å². The van der Waals surface area contributed by atoms with Crippen LogP contribution in [0, 0.1) is 10.8 Å². The lowest BCUT2D eigenvalue weighted by atomic mass is 9.83. The molecular formula is C19H20N2O3. The average Bonchev–Trinajstić information content (AvgIpc) is 3.09. The van der Waals surface area contributed by atoms with E-state index in [0.717, 1.165) is 24.1 Å². The van der Waals surface area contributed by atoms with Crippen molar-refractivity contribution >= 4 is 22.8 Å². The van der Waals surface area contributed by atoms with Gasteiger partial charge in [0.25, 0.3) is 0 Å². The molecule has 3 heterocycles. The van der Waals surface area contributed by atoms with Gasteiger partial charge in [-0.1, -0.05) is 25.1 Å². The van der Waals surface area contributed by atoms with Crippen molar-refractivity contribution in [3.05, 3.63) is 35.5 Å². The molecule has 0 bridgehead atoms. The first-order valence-electron chi connectivity index (χ1n) is 8.59. The Labute approximate surface area is 140 Å². The van der Waals surface area contributed by atoms with Crippen molar-refractivity contribution in [1.82, 2.24) is 9.88 Å². The Morgan fingerprint density at radius 3 is 2.96 bits per heavy atom. The highest BCUT2D eigenvalue weighted by atomic mass is 16.5. The smallest absolute Gasteiger partial charge is 0.322 e. The molecule has 3 atom stereocenters. The minimum absolute atomic E-state index is 0.0366. The molecule has 2 aromatic rings. The zero-order valence-electron chi connectivity index (χ0n) is 13.9. The third-order valence-electron chi connectivity index (χ3n) is 6.65. The van der Waals surface area contributed by atoms with Crippen LogP contribution in [0.3, 0.4) is 0 Å². The lowest BCUT2D eigenvalue weighted by molar-refractivity contribution is -0.154. The maximum Gasteiger partial charge on any atom is 0.322 e. The van der Waals surface area contributed by atoms with Gasteiger partial charge in [-0.3, -0.25) is 9.59 Å². The molecule has 2 fully saturated rings. The Morgan fingerprint density at radius 1 is 1.42 bits per heavy atom. The second kappa shape index (κ2) is 4.21. The number of aromatic nitrogens is 1. The number of nitrogens with zero attached hydrogens (tertiary/aromatic N) is 1. The molecular weight excluding hydrogens is 304 g/mol. The lowest BCUT2D eigenvalue weighted by Gasteiger charge is -2.35. The van der Waals surface area contributed by atoms with Crippen molar-refractivity contribution in [2.75, 3.05) is 13.7 Å². The van der Waals surface area contributed by atoms with Gasteiger partial charge in [0.05, 0.1) is 13.2 Å². The number of benzene rings is 1. The quantitative estimate of drug-likeness (QED) is 0.682. The zero-order valence-corrected chi connectivity index (χ0v) is 13.9. The van der Waals surface area contributed by atoms with Crippen molar-refractivity contribution in [2.45, 2.75) is 32.2 Å². The fraction of sp³-hybridized carbons (Fsp3) is 0.474. The van der Waals surface area contributed by atoms with Crippen LogP contribution in [0.1, 0.15) is 37.1 Å². The van der Waals surface area contributed by atoms with Crippen molar-refractivity contribution in [1.29, 1.82) is 0 Å². The maximum absolute atomic E-state index is 13.1. The summed E-state index contributed by atoms with van der Waals surface area (Å²) < 4.78 is 5.03. The highest BCUT2D eigenvalue weighted by Crippen LogP contribution is 2.78. The van der Waals surface area contributed by atoms with E-state index >= 15 is 0 Å². The number of amides is 1. The molecule has 5 heteroatoms. The molecule has 24 heavy (non-hydrogen) atoms. The third-order valence-corrected chi connectivity index (χ3v) is 6.65. The SMILES string of the molecule is CC[C@@]12C[C@]1(C(=O)OC)C(=O)N1CCc3c([nH]c4ccccc34)[C@@H]12. The van der Waals surface area contributed by atoms with E-state index in [1.54, 1.807) is 0 Å². The molecule has 1 aromatic heterocycles. The summed E-state index contributed by atoms with van der Waals surface area (Å²) >= 11 is 0. The van der Waals surface area contributed by atoms with Crippen LogP contribution in [0.2, 0.25) is 0 Å². The number of rotatable bonds is 2. The molecule has 1 aliphatic carbocycles. The first kappa shape index (κ1) is 14.1. The van der Waals surface area contributed by atoms with E-state index in [9.17, 15) is 9.59 Å². The third kappa shape index (κ3) is 1.27. The van der Waals surface area contributed by atoms with E-state index in [1.807, 2.05) is 17.0 Å². The fourth-order valence-corrected chi connectivity index (χ4v) is 5.48. The Hall–Kier alpha value is -2.30. The molecule has 0 unspecified atom stereocenters. The standard InChI is InChI=1S/C19H20N2O3/c1-3-18-10-19(18,17(23)24-2)16(22)21-9-8-12-11-6-4-5-7-13(11)20-14(12)15(18)21/h4-7,15,20H,3,8-10H2,1-2H3/t15-,18+,19-/m1/s1. The fourth-order valence-electron chi connectivity index (χ4n) is 5.48. The van der Waals surface area contributed by atoms with E-state index in [1.165, 1.54) is 18.1 Å².